The first kappa shape index (κ1) is 56.7. The van der Waals surface area contributed by atoms with Crippen molar-refractivity contribution in [3.05, 3.63) is 143 Å². The third-order valence-corrected chi connectivity index (χ3v) is 20.3. The second-order valence-corrected chi connectivity index (χ2v) is 29.4. The minimum Gasteiger partial charge on any atom is -0.445 e. The van der Waals surface area contributed by atoms with Crippen molar-refractivity contribution in [2.75, 3.05) is 26.2 Å². The predicted octanol–water partition coefficient (Wildman–Crippen LogP) is 11.8. The molecule has 6 aromatic rings. The highest BCUT2D eigenvalue weighted by atomic mass is 28.4. The standard InChI is InChI=1S/C33H44FN3O5Si.C27H30FN3O5/c1-32(2,3)41-31(39)37-19-27(42-43(7,8)33(4,5)6)29-28(37)25(24-17-35-26-16-22(34)14-15-23(24)26)18-36(29)30(38)40-20-21-12-10-9-11-13-21;1-27(2,3)36-26(34)31-14-22(32)24-23(31)20(19-12-29-21-11-17(28)9-10-18(19)21)13-30(24)25(33)35-15-16-7-5-4-6-8-16/h9-17,25,27-29,35H,18-20H2,1-8H3;4-12,20,22-24,29,32H,13-15H2,1-3H3/t25-,27+,28+,29+;20-,22+,23+,24+/m00/s1. The van der Waals surface area contributed by atoms with Gasteiger partial charge in [0.25, 0.3) is 0 Å². The van der Waals surface area contributed by atoms with Crippen LogP contribution in [0.5, 0.6) is 0 Å². The van der Waals surface area contributed by atoms with E-state index < -0.39 is 80.3 Å². The van der Waals surface area contributed by atoms with Crippen LogP contribution in [0.2, 0.25) is 18.1 Å². The molecular formula is C60H74F2N6O10Si. The Balaban J connectivity index is 0.000000195. The summed E-state index contributed by atoms with van der Waals surface area (Å²) in [5.41, 5.74) is 3.33. The van der Waals surface area contributed by atoms with E-state index in [1.165, 1.54) is 34.1 Å². The highest BCUT2D eigenvalue weighted by Crippen LogP contribution is 2.48. The molecule has 79 heavy (non-hydrogen) atoms. The maximum absolute atomic E-state index is 14.1. The molecule has 10 rings (SSSR count). The molecule has 4 aromatic carbocycles. The first-order valence-corrected chi connectivity index (χ1v) is 29.9. The van der Waals surface area contributed by atoms with Crippen LogP contribution in [0.25, 0.3) is 21.8 Å². The number of ether oxygens (including phenoxy) is 4. The zero-order valence-corrected chi connectivity index (χ0v) is 47.9. The summed E-state index contributed by atoms with van der Waals surface area (Å²) < 4.78 is 57.9. The largest absolute Gasteiger partial charge is 0.445 e. The molecule has 19 heteroatoms. The third kappa shape index (κ3) is 12.1. The molecule has 4 aliphatic heterocycles. The van der Waals surface area contributed by atoms with E-state index in [0.717, 1.165) is 33.0 Å². The Bertz CT molecular complexity index is 3170. The van der Waals surface area contributed by atoms with Crippen LogP contribution in [-0.2, 0) is 36.6 Å². The molecule has 4 fully saturated rings. The molecule has 6 heterocycles. The predicted molar refractivity (Wildman–Crippen MR) is 298 cm³/mol. The van der Waals surface area contributed by atoms with Gasteiger partial charge in [0.1, 0.15) is 36.1 Å². The van der Waals surface area contributed by atoms with E-state index in [4.69, 9.17) is 23.4 Å². The van der Waals surface area contributed by atoms with E-state index in [9.17, 15) is 33.1 Å². The molecule has 0 radical (unpaired) electrons. The number of aliphatic hydroxyl groups excluding tert-OH is 1. The number of hydrogen-bond donors (Lipinski definition) is 3. The molecule has 0 spiro atoms. The lowest BCUT2D eigenvalue weighted by molar-refractivity contribution is 0.0189. The van der Waals surface area contributed by atoms with Crippen LogP contribution >= 0.6 is 0 Å². The number of benzene rings is 4. The zero-order valence-electron chi connectivity index (χ0n) is 46.9. The van der Waals surface area contributed by atoms with Crippen molar-refractivity contribution in [3.63, 3.8) is 0 Å². The van der Waals surface area contributed by atoms with Crippen LogP contribution in [0.15, 0.2) is 109 Å². The number of aliphatic hydroxyl groups is 1. The summed E-state index contributed by atoms with van der Waals surface area (Å²) in [7, 11) is -2.32. The third-order valence-electron chi connectivity index (χ3n) is 15.8. The first-order chi connectivity index (χ1) is 37.2. The molecule has 422 valence electrons. The molecule has 16 nitrogen and oxygen atoms in total. The number of halogens is 2. The summed E-state index contributed by atoms with van der Waals surface area (Å²) in [6, 6.07) is 25.9. The summed E-state index contributed by atoms with van der Waals surface area (Å²) in [6.45, 7) is 22.8. The smallest absolute Gasteiger partial charge is 0.410 e. The molecule has 0 aliphatic carbocycles. The number of aromatic nitrogens is 2. The van der Waals surface area contributed by atoms with E-state index in [0.29, 0.717) is 17.6 Å². The monoisotopic (exact) mass is 1100 g/mol. The molecule has 4 amide bonds. The summed E-state index contributed by atoms with van der Waals surface area (Å²) >= 11 is 0. The highest BCUT2D eigenvalue weighted by Gasteiger charge is 2.61. The van der Waals surface area contributed by atoms with Crippen LogP contribution in [-0.4, -0.2) is 141 Å². The Kier molecular flexibility index (Phi) is 15.8. The maximum atomic E-state index is 14.1. The van der Waals surface area contributed by atoms with Gasteiger partial charge in [0, 0.05) is 59.1 Å². The van der Waals surface area contributed by atoms with Crippen molar-refractivity contribution in [2.45, 2.75) is 153 Å². The lowest BCUT2D eigenvalue weighted by Gasteiger charge is -2.40. The van der Waals surface area contributed by atoms with Gasteiger partial charge in [-0.25, -0.2) is 28.0 Å². The van der Waals surface area contributed by atoms with Crippen LogP contribution in [0.3, 0.4) is 0 Å². The molecule has 2 aromatic heterocycles. The Hall–Kier alpha value is -6.96. The van der Waals surface area contributed by atoms with Gasteiger partial charge in [-0.15, -0.1) is 0 Å². The summed E-state index contributed by atoms with van der Waals surface area (Å²) in [5.74, 6) is -1.33. The Morgan fingerprint density at radius 1 is 0.557 bits per heavy atom. The second-order valence-electron chi connectivity index (χ2n) is 24.7. The van der Waals surface area contributed by atoms with Gasteiger partial charge in [0.15, 0.2) is 8.32 Å². The van der Waals surface area contributed by atoms with E-state index in [2.05, 4.69) is 43.8 Å². The van der Waals surface area contributed by atoms with Crippen LogP contribution in [0.1, 0.15) is 96.4 Å². The van der Waals surface area contributed by atoms with Gasteiger partial charge in [-0.1, -0.05) is 81.4 Å². The van der Waals surface area contributed by atoms with Crippen molar-refractivity contribution < 1.29 is 56.4 Å². The van der Waals surface area contributed by atoms with Gasteiger partial charge >= 0.3 is 24.4 Å². The number of carbonyl (C=O) groups is 4. The average molecular weight is 1110 g/mol. The average Bonchev–Trinajstić information content (AvgIpc) is 4.44. The molecule has 8 atom stereocenters. The van der Waals surface area contributed by atoms with Crippen molar-refractivity contribution in [1.29, 1.82) is 0 Å². The van der Waals surface area contributed by atoms with Crippen LogP contribution in [0.4, 0.5) is 28.0 Å². The maximum Gasteiger partial charge on any atom is 0.410 e. The zero-order chi connectivity index (χ0) is 56.9. The van der Waals surface area contributed by atoms with Gasteiger partial charge in [0.05, 0.1) is 49.5 Å². The number of H-pyrrole nitrogens is 2. The van der Waals surface area contributed by atoms with E-state index in [-0.39, 0.29) is 61.4 Å². The lowest BCUT2D eigenvalue weighted by atomic mass is 9.91. The molecule has 0 saturated carbocycles. The number of rotatable bonds is 8. The number of fused-ring (bicyclic) bond motifs is 4. The van der Waals surface area contributed by atoms with Gasteiger partial charge in [-0.3, -0.25) is 19.6 Å². The number of hydrogen-bond acceptors (Lipinski definition) is 10. The highest BCUT2D eigenvalue weighted by molar-refractivity contribution is 6.74. The number of carbonyl (C=O) groups excluding carboxylic acids is 4. The van der Waals surface area contributed by atoms with Gasteiger partial charge < -0.3 is 38.4 Å². The fourth-order valence-corrected chi connectivity index (χ4v) is 12.7. The van der Waals surface area contributed by atoms with E-state index in [1.807, 2.05) is 87.6 Å². The van der Waals surface area contributed by atoms with Gasteiger partial charge in [0.2, 0.25) is 0 Å². The normalized spacial score (nSPS) is 23.1. The molecule has 4 saturated heterocycles. The SMILES string of the molecule is CC(C)(C)OC(=O)N1C[C@@H](O)[C@@H]2[C@H]1[C@H](c1c[nH]c3cc(F)ccc13)CN2C(=O)OCc1ccccc1.CC(C)(C)OC(=O)N1C[C@@H](O[Si](C)(C)C(C)(C)C)[C@@H]2[C@H]1[C@H](c1c[nH]c3cc(F)ccc13)CN2C(=O)OCc1ccccc1. The number of nitrogens with zero attached hydrogens (tertiary/aromatic N) is 4. The Morgan fingerprint density at radius 2 is 0.962 bits per heavy atom. The van der Waals surface area contributed by atoms with E-state index >= 15 is 0 Å². The summed E-state index contributed by atoms with van der Waals surface area (Å²) in [5, 5.41) is 12.6. The van der Waals surface area contributed by atoms with Crippen molar-refractivity contribution in [2.24, 2.45) is 0 Å². The molecular weight excluding hydrogens is 1030 g/mol. The fourth-order valence-electron chi connectivity index (χ4n) is 11.4. The minimum atomic E-state index is -2.32. The Morgan fingerprint density at radius 3 is 1.39 bits per heavy atom. The Labute approximate surface area is 461 Å². The number of aromatic amines is 2. The topological polar surface area (TPSA) is 179 Å². The number of likely N-dealkylation sites (tertiary alicyclic amines) is 4. The van der Waals surface area contributed by atoms with Gasteiger partial charge in [-0.2, -0.15) is 0 Å². The minimum absolute atomic E-state index is 0.0280. The molecule has 3 N–H and O–H groups in total. The van der Waals surface area contributed by atoms with Crippen molar-refractivity contribution >= 4 is 54.5 Å². The molecule has 4 aliphatic rings. The quantitative estimate of drug-likeness (QED) is 0.0981. The number of β-amino-alcohol motifs (C(OH)–C–C–N with tert-alkyl or cyclic N) is 1. The number of amides is 4. The molecule has 0 unspecified atom stereocenters. The number of nitrogens with one attached hydrogen (secondary N) is 2. The lowest BCUT2D eigenvalue weighted by Crippen LogP contribution is -2.51. The first-order valence-electron chi connectivity index (χ1n) is 27.0. The van der Waals surface area contributed by atoms with E-state index in [1.54, 1.807) is 48.9 Å². The van der Waals surface area contributed by atoms with Crippen molar-refractivity contribution in [3.8, 4) is 0 Å². The van der Waals surface area contributed by atoms with Crippen molar-refractivity contribution in [1.82, 2.24) is 29.6 Å². The molecule has 0 bridgehead atoms. The second kappa shape index (κ2) is 21.9. The summed E-state index contributed by atoms with van der Waals surface area (Å²) in [4.78, 5) is 66.8. The van der Waals surface area contributed by atoms with Crippen LogP contribution in [0, 0.1) is 11.6 Å². The fraction of sp³-hybridized carbons (Fsp3) is 0.467. The summed E-state index contributed by atoms with van der Waals surface area (Å²) in [6.07, 6.45) is 0.218. The van der Waals surface area contributed by atoms with Crippen LogP contribution < -0.4 is 0 Å². The van der Waals surface area contributed by atoms with Gasteiger partial charge in [-0.05, 0) is 118 Å².